The van der Waals surface area contributed by atoms with Gasteiger partial charge in [0.2, 0.25) is 0 Å². The maximum absolute atomic E-state index is 12.1. The van der Waals surface area contributed by atoms with E-state index in [1.54, 1.807) is 6.07 Å². The van der Waals surface area contributed by atoms with Gasteiger partial charge in [-0.15, -0.1) is 0 Å². The molecule has 0 aromatic carbocycles. The molecule has 1 heterocycles. The second-order valence-electron chi connectivity index (χ2n) is 5.38. The van der Waals surface area contributed by atoms with Crippen molar-refractivity contribution in [3.05, 3.63) is 18.0 Å². The second kappa shape index (κ2) is 9.45. The number of amides is 1. The summed E-state index contributed by atoms with van der Waals surface area (Å²) in [6.07, 6.45) is 10.2. The van der Waals surface area contributed by atoms with Crippen molar-refractivity contribution in [2.24, 2.45) is 0 Å². The van der Waals surface area contributed by atoms with Crippen LogP contribution >= 0.6 is 0 Å². The number of hydrogen-bond donors (Lipinski definition) is 2. The fraction of sp³-hybridized carbons (Fsp3) is 0.688. The Morgan fingerprint density at radius 1 is 1.15 bits per heavy atom. The molecule has 0 saturated carbocycles. The Labute approximate surface area is 122 Å². The Balaban J connectivity index is 2.28. The monoisotopic (exact) mass is 279 g/mol. The maximum atomic E-state index is 12.1. The number of nitrogen functional groups attached to an aromatic ring is 1. The third-order valence-corrected chi connectivity index (χ3v) is 3.43. The van der Waals surface area contributed by atoms with Crippen LogP contribution in [0.1, 0.15) is 69.3 Å². The Morgan fingerprint density at radius 2 is 1.85 bits per heavy atom. The molecule has 20 heavy (non-hydrogen) atoms. The van der Waals surface area contributed by atoms with Crippen LogP contribution in [0.5, 0.6) is 0 Å². The lowest BCUT2D eigenvalue weighted by Gasteiger charge is -2.08. The van der Waals surface area contributed by atoms with E-state index in [9.17, 15) is 4.79 Å². The van der Waals surface area contributed by atoms with Crippen molar-refractivity contribution in [2.45, 2.75) is 65.3 Å². The highest BCUT2D eigenvalue weighted by Gasteiger charge is 2.11. The Hall–Kier alpha value is -1.45. The van der Waals surface area contributed by atoms with Gasteiger partial charge < -0.3 is 15.6 Å². The number of carbonyl (C=O) groups excluding carboxylic acids is 1. The van der Waals surface area contributed by atoms with Crippen LogP contribution in [0.3, 0.4) is 0 Å². The molecule has 0 aliphatic carbocycles. The summed E-state index contributed by atoms with van der Waals surface area (Å²) in [6, 6.07) is 1.76. The number of carbonyl (C=O) groups is 1. The van der Waals surface area contributed by atoms with Crippen molar-refractivity contribution in [1.29, 1.82) is 0 Å². The molecule has 0 spiro atoms. The van der Waals surface area contributed by atoms with E-state index in [2.05, 4.69) is 19.2 Å². The van der Waals surface area contributed by atoms with E-state index in [1.165, 1.54) is 32.1 Å². The van der Waals surface area contributed by atoms with Crippen LogP contribution in [0.2, 0.25) is 0 Å². The van der Waals surface area contributed by atoms with Crippen molar-refractivity contribution in [3.8, 4) is 0 Å². The Kier molecular flexibility index (Phi) is 7.85. The third kappa shape index (κ3) is 5.68. The highest BCUT2D eigenvalue weighted by molar-refractivity contribution is 5.93. The number of nitrogens with zero attached hydrogens (tertiary/aromatic N) is 1. The van der Waals surface area contributed by atoms with Crippen molar-refractivity contribution < 1.29 is 4.79 Å². The highest BCUT2D eigenvalue weighted by atomic mass is 16.1. The lowest BCUT2D eigenvalue weighted by atomic mass is 10.1. The van der Waals surface area contributed by atoms with Gasteiger partial charge in [0.25, 0.3) is 5.91 Å². The van der Waals surface area contributed by atoms with Gasteiger partial charge in [-0.3, -0.25) is 4.79 Å². The quantitative estimate of drug-likeness (QED) is 0.643. The molecule has 0 aliphatic heterocycles. The number of nitrogens with two attached hydrogens (primary N) is 1. The first kappa shape index (κ1) is 16.6. The fourth-order valence-corrected chi connectivity index (χ4v) is 2.35. The SMILES string of the molecule is CCCCCCCCNC(=O)c1cc(N)cn1CCC. The fourth-order valence-electron chi connectivity index (χ4n) is 2.35. The lowest BCUT2D eigenvalue weighted by Crippen LogP contribution is -2.26. The van der Waals surface area contributed by atoms with E-state index in [0.717, 1.165) is 25.9 Å². The summed E-state index contributed by atoms with van der Waals surface area (Å²) in [6.45, 7) is 5.89. The third-order valence-electron chi connectivity index (χ3n) is 3.43. The van der Waals surface area contributed by atoms with Crippen LogP contribution in [0.4, 0.5) is 5.69 Å². The molecular weight excluding hydrogens is 250 g/mol. The molecule has 114 valence electrons. The first-order valence-corrected chi connectivity index (χ1v) is 7.92. The van der Waals surface area contributed by atoms with E-state index in [0.29, 0.717) is 11.4 Å². The van der Waals surface area contributed by atoms with Gasteiger partial charge in [0.1, 0.15) is 5.69 Å². The molecule has 4 heteroatoms. The average Bonchev–Trinajstić information content (AvgIpc) is 2.79. The molecule has 1 amide bonds. The molecule has 0 radical (unpaired) electrons. The van der Waals surface area contributed by atoms with E-state index in [1.807, 2.05) is 10.8 Å². The summed E-state index contributed by atoms with van der Waals surface area (Å²) < 4.78 is 1.94. The standard InChI is InChI=1S/C16H29N3O/c1-3-5-6-7-8-9-10-18-16(20)15-12-14(17)13-19(15)11-4-2/h12-13H,3-11,17H2,1-2H3,(H,18,20). The molecule has 3 N–H and O–H groups in total. The summed E-state index contributed by atoms with van der Waals surface area (Å²) in [5.74, 6) is -0.0105. The first-order valence-electron chi connectivity index (χ1n) is 7.92. The Morgan fingerprint density at radius 3 is 2.55 bits per heavy atom. The van der Waals surface area contributed by atoms with Crippen molar-refractivity contribution in [1.82, 2.24) is 9.88 Å². The number of hydrogen-bond acceptors (Lipinski definition) is 2. The predicted molar refractivity (Wildman–Crippen MR) is 84.8 cm³/mol. The molecular formula is C16H29N3O. The number of unbranched alkanes of at least 4 members (excludes halogenated alkanes) is 5. The zero-order chi connectivity index (χ0) is 14.8. The van der Waals surface area contributed by atoms with E-state index >= 15 is 0 Å². The molecule has 0 atom stereocenters. The number of anilines is 1. The first-order chi connectivity index (χ1) is 9.69. The number of nitrogens with one attached hydrogen (secondary N) is 1. The van der Waals surface area contributed by atoms with Gasteiger partial charge in [-0.25, -0.2) is 0 Å². The molecule has 4 nitrogen and oxygen atoms in total. The zero-order valence-corrected chi connectivity index (χ0v) is 13.0. The van der Waals surface area contributed by atoms with Gasteiger partial charge in [0.15, 0.2) is 0 Å². The molecule has 0 fully saturated rings. The minimum atomic E-state index is -0.0105. The van der Waals surface area contributed by atoms with Crippen LogP contribution in [0.25, 0.3) is 0 Å². The summed E-state index contributed by atoms with van der Waals surface area (Å²) in [5, 5.41) is 2.99. The second-order valence-corrected chi connectivity index (χ2v) is 5.38. The van der Waals surface area contributed by atoms with Gasteiger partial charge >= 0.3 is 0 Å². The van der Waals surface area contributed by atoms with Crippen LogP contribution in [-0.4, -0.2) is 17.0 Å². The van der Waals surface area contributed by atoms with E-state index < -0.39 is 0 Å². The summed E-state index contributed by atoms with van der Waals surface area (Å²) in [4.78, 5) is 12.1. The molecule has 1 aromatic heterocycles. The Bertz CT molecular complexity index is 398. The largest absolute Gasteiger partial charge is 0.397 e. The lowest BCUT2D eigenvalue weighted by molar-refractivity contribution is 0.0943. The average molecular weight is 279 g/mol. The zero-order valence-electron chi connectivity index (χ0n) is 13.0. The molecule has 1 rings (SSSR count). The number of aromatic nitrogens is 1. The molecule has 0 unspecified atom stereocenters. The van der Waals surface area contributed by atoms with Crippen molar-refractivity contribution in [3.63, 3.8) is 0 Å². The van der Waals surface area contributed by atoms with Gasteiger partial charge in [0.05, 0.1) is 5.69 Å². The number of aryl methyl sites for hydroxylation is 1. The molecule has 0 saturated heterocycles. The number of rotatable bonds is 10. The van der Waals surface area contributed by atoms with E-state index in [-0.39, 0.29) is 5.91 Å². The van der Waals surface area contributed by atoms with Crippen molar-refractivity contribution in [2.75, 3.05) is 12.3 Å². The van der Waals surface area contributed by atoms with Crippen molar-refractivity contribution >= 4 is 11.6 Å². The predicted octanol–water partition coefficient (Wildman–Crippen LogP) is 3.57. The normalized spacial score (nSPS) is 10.7. The minimum Gasteiger partial charge on any atom is -0.397 e. The molecule has 0 aliphatic rings. The molecule has 1 aromatic rings. The smallest absolute Gasteiger partial charge is 0.267 e. The van der Waals surface area contributed by atoms with Gasteiger partial charge in [0, 0.05) is 19.3 Å². The maximum Gasteiger partial charge on any atom is 0.267 e. The van der Waals surface area contributed by atoms with Crippen LogP contribution < -0.4 is 11.1 Å². The topological polar surface area (TPSA) is 60.1 Å². The van der Waals surface area contributed by atoms with Gasteiger partial charge in [-0.2, -0.15) is 0 Å². The van der Waals surface area contributed by atoms with E-state index in [4.69, 9.17) is 5.73 Å². The summed E-state index contributed by atoms with van der Waals surface area (Å²) in [7, 11) is 0. The van der Waals surface area contributed by atoms with Crippen LogP contribution in [0.15, 0.2) is 12.3 Å². The van der Waals surface area contributed by atoms with Gasteiger partial charge in [-0.05, 0) is 18.9 Å². The molecule has 0 bridgehead atoms. The minimum absolute atomic E-state index is 0.0105. The van der Waals surface area contributed by atoms with Gasteiger partial charge in [-0.1, -0.05) is 46.0 Å². The summed E-state index contributed by atoms with van der Waals surface area (Å²) in [5.41, 5.74) is 7.10. The van der Waals surface area contributed by atoms with Crippen LogP contribution in [0, 0.1) is 0 Å². The van der Waals surface area contributed by atoms with Crippen LogP contribution in [-0.2, 0) is 6.54 Å². The highest BCUT2D eigenvalue weighted by Crippen LogP contribution is 2.11. The summed E-state index contributed by atoms with van der Waals surface area (Å²) >= 11 is 0.